The predicted octanol–water partition coefficient (Wildman–Crippen LogP) is -0.179. The molecule has 0 aliphatic carbocycles. The number of amides is 2. The number of nitrogens with zero attached hydrogens (tertiary/aromatic N) is 3. The molecule has 0 saturated heterocycles. The Morgan fingerprint density at radius 3 is 2.50 bits per heavy atom. The molecule has 0 fully saturated rings. The molecule has 18 heavy (non-hydrogen) atoms. The number of aromatic nitrogens is 2. The number of hydrogen-bond acceptors (Lipinski definition) is 4. The van der Waals surface area contributed by atoms with E-state index in [1.807, 2.05) is 6.92 Å². The molecule has 4 N–H and O–H groups in total. The van der Waals surface area contributed by atoms with Crippen molar-refractivity contribution in [2.24, 2.45) is 5.73 Å². The summed E-state index contributed by atoms with van der Waals surface area (Å²) in [5, 5.41) is 4.09. The van der Waals surface area contributed by atoms with E-state index < -0.39 is 5.91 Å². The van der Waals surface area contributed by atoms with Crippen molar-refractivity contribution < 1.29 is 9.59 Å². The summed E-state index contributed by atoms with van der Waals surface area (Å²) in [5.41, 5.74) is 11.3. The van der Waals surface area contributed by atoms with Crippen molar-refractivity contribution in [3.63, 3.8) is 0 Å². The number of nitrogens with two attached hydrogens (primary N) is 2. The van der Waals surface area contributed by atoms with E-state index in [0.29, 0.717) is 12.2 Å². The van der Waals surface area contributed by atoms with Crippen LogP contribution in [-0.4, -0.2) is 39.1 Å². The molecule has 1 heterocycles. The number of carbonyl (C=O) groups excluding carboxylic acids is 2. The van der Waals surface area contributed by atoms with Crippen molar-refractivity contribution in [3.05, 3.63) is 11.9 Å². The highest BCUT2D eigenvalue weighted by molar-refractivity contribution is 5.98. The summed E-state index contributed by atoms with van der Waals surface area (Å²) in [5.74, 6) is -0.945. The zero-order valence-electron chi connectivity index (χ0n) is 10.9. The summed E-state index contributed by atoms with van der Waals surface area (Å²) in [6, 6.07) is -0.156. The fourth-order valence-corrected chi connectivity index (χ4v) is 1.56. The molecule has 0 spiro atoms. The average molecular weight is 253 g/mol. The predicted molar refractivity (Wildman–Crippen MR) is 67.7 cm³/mol. The van der Waals surface area contributed by atoms with Gasteiger partial charge < -0.3 is 16.4 Å². The molecule has 1 aromatic heterocycles. The fraction of sp³-hybridized carbons (Fsp3) is 0.545. The summed E-state index contributed by atoms with van der Waals surface area (Å²) >= 11 is 0. The van der Waals surface area contributed by atoms with Crippen LogP contribution in [0.2, 0.25) is 0 Å². The molecule has 1 aromatic rings. The van der Waals surface area contributed by atoms with Gasteiger partial charge in [0.15, 0.2) is 5.69 Å². The second-order valence-electron chi connectivity index (χ2n) is 4.28. The van der Waals surface area contributed by atoms with Gasteiger partial charge in [-0.25, -0.2) is 0 Å². The van der Waals surface area contributed by atoms with Crippen molar-refractivity contribution >= 4 is 17.5 Å². The quantitative estimate of drug-likeness (QED) is 0.759. The van der Waals surface area contributed by atoms with Crippen LogP contribution in [-0.2, 0) is 11.3 Å². The standard InChI is InChI=1S/C11H19N5O2/c1-4-15-5-8(12)10(14-15)11(18)16(7(2)3)6-9(13)17/h5,7H,4,6,12H2,1-3H3,(H2,13,17). The number of carbonyl (C=O) groups is 2. The molecule has 100 valence electrons. The summed E-state index contributed by atoms with van der Waals surface area (Å²) in [6.07, 6.45) is 1.59. The molecule has 0 aliphatic rings. The lowest BCUT2D eigenvalue weighted by atomic mass is 10.2. The van der Waals surface area contributed by atoms with Crippen molar-refractivity contribution in [2.45, 2.75) is 33.4 Å². The second kappa shape index (κ2) is 5.52. The Bertz CT molecular complexity index is 452. The van der Waals surface area contributed by atoms with Gasteiger partial charge in [0.05, 0.1) is 12.2 Å². The normalized spacial score (nSPS) is 10.7. The minimum absolute atomic E-state index is 0.144. The first kappa shape index (κ1) is 14.0. The molecular formula is C11H19N5O2. The highest BCUT2D eigenvalue weighted by Crippen LogP contribution is 2.13. The van der Waals surface area contributed by atoms with E-state index in [1.165, 1.54) is 4.90 Å². The molecule has 1 rings (SSSR count). The van der Waals surface area contributed by atoms with Crippen LogP contribution in [0.3, 0.4) is 0 Å². The van der Waals surface area contributed by atoms with E-state index in [0.717, 1.165) is 0 Å². The van der Waals surface area contributed by atoms with Gasteiger partial charge in [-0.2, -0.15) is 5.10 Å². The van der Waals surface area contributed by atoms with Crippen LogP contribution >= 0.6 is 0 Å². The smallest absolute Gasteiger partial charge is 0.277 e. The number of nitrogen functional groups attached to an aromatic ring is 1. The van der Waals surface area contributed by atoms with Gasteiger partial charge in [-0.05, 0) is 20.8 Å². The van der Waals surface area contributed by atoms with Gasteiger partial charge in [0.25, 0.3) is 5.91 Å². The van der Waals surface area contributed by atoms with Crippen molar-refractivity contribution in [2.75, 3.05) is 12.3 Å². The first-order chi connectivity index (χ1) is 8.36. The molecule has 0 aliphatic heterocycles. The van der Waals surface area contributed by atoms with Crippen LogP contribution in [0, 0.1) is 0 Å². The van der Waals surface area contributed by atoms with E-state index in [1.54, 1.807) is 24.7 Å². The van der Waals surface area contributed by atoms with Crippen LogP contribution in [0.4, 0.5) is 5.69 Å². The molecule has 0 radical (unpaired) electrons. The zero-order chi connectivity index (χ0) is 13.9. The Kier molecular flexibility index (Phi) is 4.30. The maximum Gasteiger partial charge on any atom is 0.277 e. The molecule has 7 heteroatoms. The maximum atomic E-state index is 12.2. The zero-order valence-corrected chi connectivity index (χ0v) is 10.9. The van der Waals surface area contributed by atoms with E-state index in [4.69, 9.17) is 11.5 Å². The van der Waals surface area contributed by atoms with Crippen molar-refractivity contribution in [3.8, 4) is 0 Å². The van der Waals surface area contributed by atoms with Crippen LogP contribution in [0.25, 0.3) is 0 Å². The Morgan fingerprint density at radius 1 is 1.50 bits per heavy atom. The van der Waals surface area contributed by atoms with Gasteiger partial charge >= 0.3 is 0 Å². The first-order valence-corrected chi connectivity index (χ1v) is 5.79. The van der Waals surface area contributed by atoms with Gasteiger partial charge in [0.1, 0.15) is 0 Å². The topological polar surface area (TPSA) is 107 Å². The Morgan fingerprint density at radius 2 is 2.11 bits per heavy atom. The third-order valence-corrected chi connectivity index (χ3v) is 2.53. The minimum Gasteiger partial charge on any atom is -0.396 e. The lowest BCUT2D eigenvalue weighted by molar-refractivity contribution is -0.119. The van der Waals surface area contributed by atoms with Crippen molar-refractivity contribution in [1.82, 2.24) is 14.7 Å². The molecule has 7 nitrogen and oxygen atoms in total. The third-order valence-electron chi connectivity index (χ3n) is 2.53. The van der Waals surface area contributed by atoms with E-state index in [-0.39, 0.29) is 24.2 Å². The Labute approximate surface area is 106 Å². The van der Waals surface area contributed by atoms with Gasteiger partial charge in [-0.3, -0.25) is 14.3 Å². The summed E-state index contributed by atoms with van der Waals surface area (Å²) in [7, 11) is 0. The number of primary amides is 1. The molecule has 0 aromatic carbocycles. The number of rotatable bonds is 5. The highest BCUT2D eigenvalue weighted by Gasteiger charge is 2.24. The van der Waals surface area contributed by atoms with E-state index in [2.05, 4.69) is 5.10 Å². The molecule has 0 bridgehead atoms. The van der Waals surface area contributed by atoms with Crippen molar-refractivity contribution in [1.29, 1.82) is 0 Å². The minimum atomic E-state index is -0.564. The van der Waals surface area contributed by atoms with Gasteiger partial charge in [-0.1, -0.05) is 0 Å². The summed E-state index contributed by atoms with van der Waals surface area (Å²) in [6.45, 7) is 5.97. The first-order valence-electron chi connectivity index (χ1n) is 5.79. The summed E-state index contributed by atoms with van der Waals surface area (Å²) < 4.78 is 1.57. The fourth-order valence-electron chi connectivity index (χ4n) is 1.56. The van der Waals surface area contributed by atoms with E-state index in [9.17, 15) is 9.59 Å². The van der Waals surface area contributed by atoms with E-state index >= 15 is 0 Å². The van der Waals surface area contributed by atoms with Crippen LogP contribution < -0.4 is 11.5 Å². The SMILES string of the molecule is CCn1cc(N)c(C(=O)N(CC(N)=O)C(C)C)n1. The Hall–Kier alpha value is -2.05. The average Bonchev–Trinajstić information content (AvgIpc) is 2.66. The van der Waals surface area contributed by atoms with Gasteiger partial charge in [-0.15, -0.1) is 0 Å². The Balaban J connectivity index is 3.01. The molecule has 0 saturated carbocycles. The third kappa shape index (κ3) is 2.99. The highest BCUT2D eigenvalue weighted by atomic mass is 16.2. The number of hydrogen-bond donors (Lipinski definition) is 2. The lowest BCUT2D eigenvalue weighted by Crippen LogP contribution is -2.43. The maximum absolute atomic E-state index is 12.2. The van der Waals surface area contributed by atoms with Gasteiger partial charge in [0, 0.05) is 18.8 Å². The number of anilines is 1. The van der Waals surface area contributed by atoms with Crippen LogP contribution in [0.1, 0.15) is 31.3 Å². The summed E-state index contributed by atoms with van der Waals surface area (Å²) in [4.78, 5) is 24.6. The van der Waals surface area contributed by atoms with Gasteiger partial charge in [0.2, 0.25) is 5.91 Å². The number of aryl methyl sites for hydroxylation is 1. The van der Waals surface area contributed by atoms with Crippen LogP contribution in [0.5, 0.6) is 0 Å². The lowest BCUT2D eigenvalue weighted by Gasteiger charge is -2.24. The molecule has 0 unspecified atom stereocenters. The molecular weight excluding hydrogens is 234 g/mol. The second-order valence-corrected chi connectivity index (χ2v) is 4.28. The largest absolute Gasteiger partial charge is 0.396 e. The van der Waals surface area contributed by atoms with Crippen LogP contribution in [0.15, 0.2) is 6.20 Å². The molecule has 0 atom stereocenters. The monoisotopic (exact) mass is 253 g/mol. The molecule has 2 amide bonds.